The Morgan fingerprint density at radius 1 is 1.07 bits per heavy atom. The largest absolute Gasteiger partial charge is 0.296 e. The predicted octanol–water partition coefficient (Wildman–Crippen LogP) is 7.12. The highest BCUT2D eigenvalue weighted by atomic mass is 35.5. The van der Waals surface area contributed by atoms with Gasteiger partial charge in [0.2, 0.25) is 5.13 Å². The van der Waals surface area contributed by atoms with Crippen LogP contribution in [0.1, 0.15) is 15.2 Å². The monoisotopic (exact) mass is 477 g/mol. The zero-order valence-corrected chi connectivity index (χ0v) is 18.7. The number of hydrogen-bond donors (Lipinski definition) is 1. The van der Waals surface area contributed by atoms with Crippen LogP contribution in [0, 0.1) is 0 Å². The van der Waals surface area contributed by atoms with Crippen molar-refractivity contribution in [3.63, 3.8) is 0 Å². The molecule has 0 atom stereocenters. The van der Waals surface area contributed by atoms with E-state index in [1.54, 1.807) is 17.8 Å². The number of fused-ring (bicyclic) bond motifs is 1. The zero-order chi connectivity index (χ0) is 20.2. The minimum atomic E-state index is -0.316. The first-order chi connectivity index (χ1) is 14.1. The minimum Gasteiger partial charge on any atom is -0.296 e. The fourth-order valence-electron chi connectivity index (χ4n) is 2.56. The number of benzene rings is 2. The van der Waals surface area contributed by atoms with Crippen LogP contribution in [0.2, 0.25) is 10.0 Å². The Balaban J connectivity index is 1.39. The Bertz CT molecular complexity index is 1190. The van der Waals surface area contributed by atoms with Gasteiger partial charge in [0.15, 0.2) is 4.34 Å². The van der Waals surface area contributed by atoms with Crippen molar-refractivity contribution >= 4 is 84.8 Å². The number of carbonyl (C=O) groups is 1. The first kappa shape index (κ1) is 20.4. The molecule has 0 saturated heterocycles. The van der Waals surface area contributed by atoms with Crippen LogP contribution in [0.25, 0.3) is 16.2 Å². The van der Waals surface area contributed by atoms with Crippen molar-refractivity contribution < 1.29 is 4.79 Å². The molecule has 29 heavy (non-hydrogen) atoms. The van der Waals surface area contributed by atoms with Gasteiger partial charge in [-0.1, -0.05) is 94.9 Å². The molecule has 4 nitrogen and oxygen atoms in total. The molecular formula is C20H13Cl2N3OS3. The van der Waals surface area contributed by atoms with E-state index in [1.165, 1.54) is 22.7 Å². The summed E-state index contributed by atoms with van der Waals surface area (Å²) in [5, 5.41) is 13.0. The van der Waals surface area contributed by atoms with Gasteiger partial charge in [0.25, 0.3) is 5.91 Å². The average molecular weight is 478 g/mol. The third kappa shape index (κ3) is 4.82. The summed E-state index contributed by atoms with van der Waals surface area (Å²) in [5.41, 5.74) is 1.15. The van der Waals surface area contributed by atoms with Crippen LogP contribution >= 0.6 is 57.6 Å². The van der Waals surface area contributed by atoms with Crippen molar-refractivity contribution in [2.75, 3.05) is 11.1 Å². The van der Waals surface area contributed by atoms with Gasteiger partial charge in [-0.3, -0.25) is 10.1 Å². The van der Waals surface area contributed by atoms with Crippen LogP contribution in [0.15, 0.2) is 58.9 Å². The first-order valence-corrected chi connectivity index (χ1v) is 11.8. The van der Waals surface area contributed by atoms with Crippen LogP contribution < -0.4 is 5.32 Å². The summed E-state index contributed by atoms with van der Waals surface area (Å²) in [6.45, 7) is 0. The van der Waals surface area contributed by atoms with Gasteiger partial charge in [-0.25, -0.2) is 0 Å². The maximum absolute atomic E-state index is 12.6. The van der Waals surface area contributed by atoms with E-state index < -0.39 is 0 Å². The highest BCUT2D eigenvalue weighted by Gasteiger charge is 2.20. The number of nitrogens with one attached hydrogen (secondary N) is 1. The zero-order valence-electron chi connectivity index (χ0n) is 14.8. The molecule has 2 heterocycles. The van der Waals surface area contributed by atoms with Gasteiger partial charge < -0.3 is 0 Å². The number of nitrogens with zero attached hydrogens (tertiary/aromatic N) is 2. The highest BCUT2D eigenvalue weighted by molar-refractivity contribution is 8.01. The quantitative estimate of drug-likeness (QED) is 0.237. The summed E-state index contributed by atoms with van der Waals surface area (Å²) in [6.07, 6.45) is 4.13. The molecule has 2 aromatic carbocycles. The Kier molecular flexibility index (Phi) is 6.52. The Morgan fingerprint density at radius 3 is 2.69 bits per heavy atom. The van der Waals surface area contributed by atoms with Crippen molar-refractivity contribution in [1.82, 2.24) is 10.2 Å². The average Bonchev–Trinajstić information content (AvgIpc) is 3.31. The number of anilines is 1. The van der Waals surface area contributed by atoms with Gasteiger partial charge in [-0.05, 0) is 17.7 Å². The fourth-order valence-corrected chi connectivity index (χ4v) is 5.99. The lowest BCUT2D eigenvalue weighted by Gasteiger charge is -1.98. The first-order valence-electron chi connectivity index (χ1n) is 8.47. The Morgan fingerprint density at radius 2 is 1.90 bits per heavy atom. The normalized spacial score (nSPS) is 11.4. The van der Waals surface area contributed by atoms with Gasteiger partial charge in [0.05, 0.1) is 10.0 Å². The van der Waals surface area contributed by atoms with E-state index in [0.29, 0.717) is 25.4 Å². The lowest BCUT2D eigenvalue weighted by molar-refractivity contribution is 0.103. The van der Waals surface area contributed by atoms with Gasteiger partial charge in [-0.15, -0.1) is 21.5 Å². The fraction of sp³-hybridized carbons (Fsp3) is 0.0500. The molecule has 0 spiro atoms. The molecule has 1 amide bonds. The standard InChI is InChI=1S/C20H13Cl2N3OS3/c21-13-9-4-10-14-15(13)16(22)17(28-14)18(26)23-19-24-25-20(29-19)27-11-5-8-12-6-2-1-3-7-12/h1-10H,11H2,(H,23,24,26)/b8-5+. The number of aromatic nitrogens is 2. The summed E-state index contributed by atoms with van der Waals surface area (Å²) < 4.78 is 1.65. The Hall–Kier alpha value is -1.90. The van der Waals surface area contributed by atoms with E-state index >= 15 is 0 Å². The van der Waals surface area contributed by atoms with Crippen LogP contribution in [0.4, 0.5) is 5.13 Å². The van der Waals surface area contributed by atoms with E-state index in [0.717, 1.165) is 20.4 Å². The summed E-state index contributed by atoms with van der Waals surface area (Å²) >= 11 is 16.8. The van der Waals surface area contributed by atoms with Crippen molar-refractivity contribution in [3.8, 4) is 0 Å². The second-order valence-electron chi connectivity index (χ2n) is 5.81. The van der Waals surface area contributed by atoms with E-state index in [9.17, 15) is 4.79 Å². The molecule has 0 aliphatic carbocycles. The molecule has 2 aromatic heterocycles. The van der Waals surface area contributed by atoms with E-state index in [4.69, 9.17) is 23.2 Å². The SMILES string of the molecule is O=C(Nc1nnc(SC/C=C/c2ccccc2)s1)c1sc2cccc(Cl)c2c1Cl. The van der Waals surface area contributed by atoms with Crippen LogP contribution in [0.5, 0.6) is 0 Å². The maximum Gasteiger partial charge on any atom is 0.269 e. The number of thioether (sulfide) groups is 1. The second-order valence-corrected chi connectivity index (χ2v) is 9.89. The molecule has 1 N–H and O–H groups in total. The molecule has 0 saturated carbocycles. The van der Waals surface area contributed by atoms with Crippen LogP contribution in [-0.4, -0.2) is 21.9 Å². The number of hydrogen-bond acceptors (Lipinski definition) is 6. The molecule has 4 aromatic rings. The smallest absolute Gasteiger partial charge is 0.269 e. The lowest BCUT2D eigenvalue weighted by atomic mass is 10.2. The molecule has 9 heteroatoms. The molecule has 0 unspecified atom stereocenters. The summed E-state index contributed by atoms with van der Waals surface area (Å²) in [4.78, 5) is 13.0. The Labute approximate surface area is 189 Å². The van der Waals surface area contributed by atoms with Crippen LogP contribution in [0.3, 0.4) is 0 Å². The van der Waals surface area contributed by atoms with Crippen molar-refractivity contribution in [3.05, 3.63) is 75.1 Å². The van der Waals surface area contributed by atoms with Gasteiger partial charge >= 0.3 is 0 Å². The number of carbonyl (C=O) groups excluding carboxylic acids is 1. The number of thiophene rings is 1. The molecule has 0 bridgehead atoms. The molecule has 4 rings (SSSR count). The number of rotatable bonds is 6. The molecule has 146 valence electrons. The van der Waals surface area contributed by atoms with Gasteiger partial charge in [0, 0.05) is 15.8 Å². The molecule has 0 fully saturated rings. The molecule has 0 aliphatic rings. The van der Waals surface area contributed by atoms with Crippen molar-refractivity contribution in [1.29, 1.82) is 0 Å². The summed E-state index contributed by atoms with van der Waals surface area (Å²) in [5.74, 6) is 0.446. The van der Waals surface area contributed by atoms with Crippen LogP contribution in [-0.2, 0) is 0 Å². The van der Waals surface area contributed by atoms with E-state index in [1.807, 2.05) is 42.5 Å². The van der Waals surface area contributed by atoms with E-state index in [2.05, 4.69) is 27.7 Å². The highest BCUT2D eigenvalue weighted by Crippen LogP contribution is 2.39. The molecular weight excluding hydrogens is 465 g/mol. The van der Waals surface area contributed by atoms with Gasteiger partial charge in [-0.2, -0.15) is 0 Å². The van der Waals surface area contributed by atoms with Crippen molar-refractivity contribution in [2.45, 2.75) is 4.34 Å². The summed E-state index contributed by atoms with van der Waals surface area (Å²) in [6, 6.07) is 15.6. The van der Waals surface area contributed by atoms with Crippen molar-refractivity contribution in [2.24, 2.45) is 0 Å². The third-order valence-electron chi connectivity index (χ3n) is 3.85. The summed E-state index contributed by atoms with van der Waals surface area (Å²) in [7, 11) is 0. The van der Waals surface area contributed by atoms with E-state index in [-0.39, 0.29) is 5.91 Å². The van der Waals surface area contributed by atoms with Gasteiger partial charge in [0.1, 0.15) is 4.88 Å². The lowest BCUT2D eigenvalue weighted by Crippen LogP contribution is -2.10. The topological polar surface area (TPSA) is 54.9 Å². The predicted molar refractivity (Wildman–Crippen MR) is 126 cm³/mol. The molecule has 0 radical (unpaired) electrons. The maximum atomic E-state index is 12.6. The third-order valence-corrected chi connectivity index (χ3v) is 7.74. The molecule has 0 aliphatic heterocycles. The number of amides is 1. The number of halogens is 2. The minimum absolute atomic E-state index is 0.316. The second kappa shape index (κ2) is 9.28.